The van der Waals surface area contributed by atoms with Gasteiger partial charge in [-0.05, 0) is 31.2 Å². The van der Waals surface area contributed by atoms with Gasteiger partial charge in [0.1, 0.15) is 12.1 Å². The first-order valence-electron chi connectivity index (χ1n) is 8.43. The fourth-order valence-electron chi connectivity index (χ4n) is 3.44. The topological polar surface area (TPSA) is 106 Å². The Bertz CT molecular complexity index is 887. The van der Waals surface area contributed by atoms with Crippen LogP contribution in [0.2, 0.25) is 0 Å². The quantitative estimate of drug-likeness (QED) is 0.883. The average molecular weight is 338 g/mol. The third kappa shape index (κ3) is 2.98. The molecule has 0 saturated carbocycles. The molecular formula is C17H18N6O2. The predicted octanol–water partition coefficient (Wildman–Crippen LogP) is 0.836. The van der Waals surface area contributed by atoms with Gasteiger partial charge in [0.05, 0.1) is 24.9 Å². The summed E-state index contributed by atoms with van der Waals surface area (Å²) in [5, 5.41) is 17.0. The van der Waals surface area contributed by atoms with Crippen LogP contribution >= 0.6 is 0 Å². The second-order valence-corrected chi connectivity index (χ2v) is 6.33. The number of nitrogens with one attached hydrogen (secondary N) is 1. The monoisotopic (exact) mass is 338 g/mol. The number of ether oxygens (including phenoxy) is 1. The number of hydrogen-bond acceptors (Lipinski definition) is 7. The van der Waals surface area contributed by atoms with Crippen molar-refractivity contribution in [1.29, 1.82) is 5.26 Å². The summed E-state index contributed by atoms with van der Waals surface area (Å²) in [7, 11) is 0. The number of aryl methyl sites for hydroxylation is 2. The van der Waals surface area contributed by atoms with Gasteiger partial charge < -0.3 is 10.1 Å². The van der Waals surface area contributed by atoms with Gasteiger partial charge in [-0.3, -0.25) is 4.79 Å². The van der Waals surface area contributed by atoms with E-state index in [1.807, 2.05) is 6.07 Å². The van der Waals surface area contributed by atoms with Crippen LogP contribution in [-0.2, 0) is 17.6 Å². The third-order valence-electron chi connectivity index (χ3n) is 4.72. The van der Waals surface area contributed by atoms with Gasteiger partial charge in [-0.25, -0.2) is 14.6 Å². The van der Waals surface area contributed by atoms with Crippen molar-refractivity contribution < 1.29 is 4.74 Å². The van der Waals surface area contributed by atoms with Gasteiger partial charge in [-0.1, -0.05) is 0 Å². The van der Waals surface area contributed by atoms with Gasteiger partial charge in [-0.15, -0.1) is 0 Å². The van der Waals surface area contributed by atoms with Gasteiger partial charge in [0, 0.05) is 18.5 Å². The molecule has 0 aromatic carbocycles. The Balaban J connectivity index is 1.64. The molecule has 0 amide bonds. The van der Waals surface area contributed by atoms with Crippen LogP contribution in [0.1, 0.15) is 35.8 Å². The van der Waals surface area contributed by atoms with Crippen LogP contribution in [-0.4, -0.2) is 39.0 Å². The summed E-state index contributed by atoms with van der Waals surface area (Å²) in [6.45, 7) is 0.808. The normalized spacial score (nSPS) is 22.2. The van der Waals surface area contributed by atoms with Crippen molar-refractivity contribution in [2.75, 3.05) is 18.5 Å². The summed E-state index contributed by atoms with van der Waals surface area (Å²) in [6.07, 6.45) is 7.04. The Morgan fingerprint density at radius 2 is 2.08 bits per heavy atom. The van der Waals surface area contributed by atoms with Crippen molar-refractivity contribution in [3.63, 3.8) is 0 Å². The number of hydrogen-bond donors (Lipinski definition) is 1. The molecule has 2 unspecified atom stereocenters. The second kappa shape index (κ2) is 6.61. The number of nitrogens with zero attached hydrogens (tertiary/aromatic N) is 5. The number of anilines is 1. The minimum absolute atomic E-state index is 0.109. The zero-order chi connectivity index (χ0) is 17.2. The molecule has 2 atom stereocenters. The van der Waals surface area contributed by atoms with E-state index in [4.69, 9.17) is 10.00 Å². The maximum Gasteiger partial charge on any atom is 0.267 e. The van der Waals surface area contributed by atoms with Gasteiger partial charge in [0.25, 0.3) is 5.56 Å². The van der Waals surface area contributed by atoms with Crippen LogP contribution in [0.15, 0.2) is 23.3 Å². The Morgan fingerprint density at radius 3 is 2.96 bits per heavy atom. The molecule has 1 fully saturated rings. The Kier molecular flexibility index (Phi) is 4.15. The van der Waals surface area contributed by atoms with Gasteiger partial charge >= 0.3 is 0 Å². The lowest BCUT2D eigenvalue weighted by Crippen LogP contribution is -2.38. The molecule has 2 aromatic heterocycles. The summed E-state index contributed by atoms with van der Waals surface area (Å²) in [4.78, 5) is 20.7. The molecule has 3 heterocycles. The van der Waals surface area contributed by atoms with E-state index in [1.165, 1.54) is 17.1 Å². The lowest BCUT2D eigenvalue weighted by Gasteiger charge is -2.23. The molecule has 0 bridgehead atoms. The first-order valence-corrected chi connectivity index (χ1v) is 8.43. The molecule has 25 heavy (non-hydrogen) atoms. The molecule has 2 aliphatic rings. The molecule has 8 nitrogen and oxygen atoms in total. The zero-order valence-corrected chi connectivity index (χ0v) is 13.7. The molecule has 128 valence electrons. The zero-order valence-electron chi connectivity index (χ0n) is 13.7. The summed E-state index contributed by atoms with van der Waals surface area (Å²) >= 11 is 0. The summed E-state index contributed by atoms with van der Waals surface area (Å²) in [5.74, 6) is 0.400. The summed E-state index contributed by atoms with van der Waals surface area (Å²) in [6, 6.07) is 3.28. The molecule has 4 rings (SSSR count). The van der Waals surface area contributed by atoms with E-state index in [-0.39, 0.29) is 23.3 Å². The fourth-order valence-corrected chi connectivity index (χ4v) is 3.44. The van der Waals surface area contributed by atoms with E-state index in [1.54, 1.807) is 6.07 Å². The van der Waals surface area contributed by atoms with Crippen LogP contribution in [0, 0.1) is 11.3 Å². The van der Waals surface area contributed by atoms with Gasteiger partial charge in [0.2, 0.25) is 0 Å². The van der Waals surface area contributed by atoms with Crippen molar-refractivity contribution in [3.05, 3.63) is 45.8 Å². The lowest BCUT2D eigenvalue weighted by atomic mass is 9.97. The van der Waals surface area contributed by atoms with Crippen molar-refractivity contribution in [1.82, 2.24) is 19.7 Å². The minimum atomic E-state index is -0.242. The Hall–Kier alpha value is -2.79. The number of nitriles is 1. The first-order chi connectivity index (χ1) is 12.3. The first kappa shape index (κ1) is 15.7. The summed E-state index contributed by atoms with van der Waals surface area (Å²) < 4.78 is 7.10. The Morgan fingerprint density at radius 1 is 1.24 bits per heavy atom. The van der Waals surface area contributed by atoms with Crippen molar-refractivity contribution in [2.24, 2.45) is 0 Å². The molecule has 1 aliphatic carbocycles. The summed E-state index contributed by atoms with van der Waals surface area (Å²) in [5.41, 5.74) is 2.19. The fraction of sp³-hybridized carbons (Fsp3) is 0.471. The van der Waals surface area contributed by atoms with Gasteiger partial charge in [-0.2, -0.15) is 10.4 Å². The largest absolute Gasteiger partial charge is 0.377 e. The maximum atomic E-state index is 12.5. The SMILES string of the molecule is N#Cc1nccnc1NC1COCC1n1nc2c(cc1=O)CCCC2. The standard InChI is InChI=1S/C17H18N6O2/c18-8-13-17(20-6-5-19-13)21-14-9-25-10-15(14)23-16(24)7-11-3-1-2-4-12(11)22-23/h5-7,14-15H,1-4,9-10H2,(H,20,21). The van der Waals surface area contributed by atoms with Crippen molar-refractivity contribution in [2.45, 2.75) is 37.8 Å². The van der Waals surface area contributed by atoms with E-state index < -0.39 is 0 Å². The van der Waals surface area contributed by atoms with E-state index in [0.29, 0.717) is 19.0 Å². The van der Waals surface area contributed by atoms with E-state index in [2.05, 4.69) is 20.4 Å². The predicted molar refractivity (Wildman–Crippen MR) is 89.2 cm³/mol. The van der Waals surface area contributed by atoms with E-state index >= 15 is 0 Å². The molecular weight excluding hydrogens is 320 g/mol. The van der Waals surface area contributed by atoms with Crippen LogP contribution in [0.3, 0.4) is 0 Å². The molecule has 1 N–H and O–H groups in total. The molecule has 2 aromatic rings. The van der Waals surface area contributed by atoms with Crippen molar-refractivity contribution in [3.8, 4) is 6.07 Å². The molecule has 0 radical (unpaired) electrons. The Labute approximate surface area is 144 Å². The van der Waals surface area contributed by atoms with Crippen LogP contribution in [0.4, 0.5) is 5.82 Å². The molecule has 0 spiro atoms. The molecule has 8 heteroatoms. The number of fused-ring (bicyclic) bond motifs is 1. The third-order valence-corrected chi connectivity index (χ3v) is 4.72. The van der Waals surface area contributed by atoms with Crippen LogP contribution in [0.5, 0.6) is 0 Å². The highest BCUT2D eigenvalue weighted by Gasteiger charge is 2.33. The second-order valence-electron chi connectivity index (χ2n) is 6.33. The highest BCUT2D eigenvalue weighted by molar-refractivity contribution is 5.47. The molecule has 1 aliphatic heterocycles. The minimum Gasteiger partial charge on any atom is -0.377 e. The van der Waals surface area contributed by atoms with E-state index in [9.17, 15) is 4.79 Å². The number of aromatic nitrogens is 4. The van der Waals surface area contributed by atoms with E-state index in [0.717, 1.165) is 36.9 Å². The smallest absolute Gasteiger partial charge is 0.267 e. The van der Waals surface area contributed by atoms with Crippen LogP contribution in [0.25, 0.3) is 0 Å². The lowest BCUT2D eigenvalue weighted by molar-refractivity contribution is 0.182. The van der Waals surface area contributed by atoms with Crippen molar-refractivity contribution >= 4 is 5.82 Å². The highest BCUT2D eigenvalue weighted by Crippen LogP contribution is 2.23. The van der Waals surface area contributed by atoms with Gasteiger partial charge in [0.15, 0.2) is 11.5 Å². The average Bonchev–Trinajstić information content (AvgIpc) is 3.09. The number of rotatable bonds is 3. The molecule has 1 saturated heterocycles. The maximum absolute atomic E-state index is 12.5. The van der Waals surface area contributed by atoms with Crippen LogP contribution < -0.4 is 10.9 Å². The highest BCUT2D eigenvalue weighted by atomic mass is 16.5.